The Kier molecular flexibility index (Phi) is 28.6. The Hall–Kier alpha value is -6.33. The molecule has 3 heterocycles. The molecule has 0 amide bonds. The van der Waals surface area contributed by atoms with E-state index in [1.165, 1.54) is 66.7 Å². The van der Waals surface area contributed by atoms with Crippen LogP contribution in [0.3, 0.4) is 0 Å². The summed E-state index contributed by atoms with van der Waals surface area (Å²) in [6.07, 6.45) is 3.12. The first-order chi connectivity index (χ1) is 39.3. The van der Waals surface area contributed by atoms with Crippen LogP contribution in [0.15, 0.2) is 164 Å². The third kappa shape index (κ3) is 19.6. The van der Waals surface area contributed by atoms with Crippen LogP contribution in [-0.2, 0) is 28.2 Å². The maximum Gasteiger partial charge on any atom is 0.351 e. The number of carbonyl (C=O) groups is 2. The summed E-state index contributed by atoms with van der Waals surface area (Å²) in [4.78, 5) is 33.6. The zero-order chi connectivity index (χ0) is 61.7. The molecule has 0 aliphatic carbocycles. The Morgan fingerprint density at radius 3 is 1.14 bits per heavy atom. The molecule has 27 heteroatoms. The Balaban J connectivity index is 0.000000319. The summed E-state index contributed by atoms with van der Waals surface area (Å²) in [5.41, 5.74) is -5.69. The van der Waals surface area contributed by atoms with E-state index in [0.717, 1.165) is 62.8 Å². The Morgan fingerprint density at radius 2 is 0.833 bits per heavy atom. The van der Waals surface area contributed by atoms with Crippen LogP contribution in [0, 0.1) is 57.3 Å². The normalized spacial score (nSPS) is 11.3. The van der Waals surface area contributed by atoms with Gasteiger partial charge in [0.15, 0.2) is 5.60 Å². The maximum atomic E-state index is 14.9. The smallest absolute Gasteiger partial charge is 0.351 e. The van der Waals surface area contributed by atoms with Gasteiger partial charge in [0, 0.05) is 61.9 Å². The van der Waals surface area contributed by atoms with Gasteiger partial charge in [0.05, 0.1) is 59.1 Å². The SMILES string of the molecule is C.CC(=O)C(F)(F)c1ccc(Oc2ccc(C#N)cc2)cn1.CC(O)(c1ccc(F)cc1F)C(F)(F)c1ccc(Oc2ccc(C#N)cc2)cn1.II.I[I-]I.N#Cc1ccc(Oc2ccc(C(F)(F)C(=O)c3ccc(F)cc3F)nc2)cc1. The quantitative estimate of drug-likeness (QED) is 0.0616. The number of aromatic nitrogens is 3. The van der Waals surface area contributed by atoms with Crippen molar-refractivity contribution in [3.8, 4) is 52.7 Å². The fraction of sp³-hybridized carbons (Fsp3) is 0.123. The summed E-state index contributed by atoms with van der Waals surface area (Å²) in [7, 11) is 0. The standard InChI is InChI=1S/C21H14F4N2O2.C20H10F4N2O2.C15H10F2N2O2.CH4.I3.I2/c1-20(28,17-8-4-14(22)10-18(17)23)21(24,25)19-9-7-16(12-27-19)29-15-5-2-13(11-26)3-6-15;21-13-3-7-16(17(22)9-13)19(27)20(23,24)18-8-6-15(11-26-18)28-14-4-1-12(10-25)2-5-14;1-10(20)15(16,17)14-7-6-13(9-19-14)21-12-4-2-11(8-18)3-5-12;;1-3-2;1-2/h2-10,12,28H,1H3;1-9,11H;2-7,9H,1H3;1H4;;/q;;;;-1;. The van der Waals surface area contributed by atoms with Gasteiger partial charge >= 0.3 is 68.3 Å². The van der Waals surface area contributed by atoms with Gasteiger partial charge in [-0.05, 0) is 134 Å². The van der Waals surface area contributed by atoms with E-state index in [-0.39, 0.29) is 24.7 Å². The fourth-order valence-corrected chi connectivity index (χ4v) is 6.52. The second-order valence-corrected chi connectivity index (χ2v) is 32.6. The van der Waals surface area contributed by atoms with Gasteiger partial charge in [0.1, 0.15) is 74.8 Å². The molecule has 12 nitrogen and oxygen atoms in total. The number of nitrogens with zero attached hydrogens (tertiary/aromatic N) is 6. The Labute approximate surface area is 527 Å². The van der Waals surface area contributed by atoms with Crippen LogP contribution in [-0.4, -0.2) is 31.6 Å². The summed E-state index contributed by atoms with van der Waals surface area (Å²) in [5.74, 6) is -17.8. The van der Waals surface area contributed by atoms with Crippen molar-refractivity contribution in [3.05, 3.63) is 232 Å². The van der Waals surface area contributed by atoms with E-state index in [1.54, 1.807) is 24.3 Å². The minimum Gasteiger partial charge on any atom is -0.456 e. The van der Waals surface area contributed by atoms with Crippen molar-refractivity contribution in [3.63, 3.8) is 0 Å². The predicted octanol–water partition coefficient (Wildman–Crippen LogP) is 14.6. The second-order valence-electron chi connectivity index (χ2n) is 16.3. The summed E-state index contributed by atoms with van der Waals surface area (Å²) in [5, 5.41) is 36.6. The van der Waals surface area contributed by atoms with Gasteiger partial charge in [-0.15, -0.1) is 0 Å². The number of hydrogen-bond acceptors (Lipinski definition) is 12. The zero-order valence-corrected chi connectivity index (χ0v) is 52.7. The van der Waals surface area contributed by atoms with E-state index in [9.17, 15) is 58.6 Å². The molecule has 8 aromatic rings. The number of pyridine rings is 3. The van der Waals surface area contributed by atoms with E-state index >= 15 is 0 Å². The van der Waals surface area contributed by atoms with Gasteiger partial charge in [-0.2, -0.15) is 42.1 Å². The molecule has 0 aliphatic heterocycles. The van der Waals surface area contributed by atoms with Crippen LogP contribution in [0.2, 0.25) is 0 Å². The number of benzene rings is 5. The number of carbonyl (C=O) groups excluding carboxylic acids is 2. The molecule has 84 heavy (non-hydrogen) atoms. The van der Waals surface area contributed by atoms with Crippen LogP contribution in [0.5, 0.6) is 34.5 Å². The third-order valence-corrected chi connectivity index (χ3v) is 10.8. The number of ketones is 2. The second kappa shape index (κ2) is 33.4. The largest absolute Gasteiger partial charge is 0.456 e. The number of hydrogen-bond donors (Lipinski definition) is 1. The van der Waals surface area contributed by atoms with E-state index < -0.39 is 86.4 Å². The zero-order valence-electron chi connectivity index (χ0n) is 41.9. The number of nitriles is 3. The van der Waals surface area contributed by atoms with Crippen LogP contribution >= 0.6 is 74.5 Å². The predicted molar refractivity (Wildman–Crippen MR) is 318 cm³/mol. The topological polar surface area (TPSA) is 192 Å². The molecular weight excluding hydrogens is 1690 g/mol. The molecule has 1 atom stereocenters. The summed E-state index contributed by atoms with van der Waals surface area (Å²) < 4.78 is 155. The van der Waals surface area contributed by atoms with Gasteiger partial charge in [0.25, 0.3) is 0 Å². The first-order valence-corrected chi connectivity index (χ1v) is 41.4. The average molecular weight is 1730 g/mol. The van der Waals surface area contributed by atoms with Crippen molar-refractivity contribution in [1.29, 1.82) is 15.8 Å². The van der Waals surface area contributed by atoms with Crippen molar-refractivity contribution in [2.24, 2.45) is 0 Å². The maximum absolute atomic E-state index is 14.9. The van der Waals surface area contributed by atoms with Crippen molar-refractivity contribution in [1.82, 2.24) is 15.0 Å². The summed E-state index contributed by atoms with van der Waals surface area (Å²) in [6.45, 7) is 1.54. The van der Waals surface area contributed by atoms with Gasteiger partial charge in [0.2, 0.25) is 11.6 Å². The number of halogens is 15. The molecule has 0 saturated heterocycles. The van der Waals surface area contributed by atoms with Crippen LogP contribution in [0.25, 0.3) is 0 Å². The minimum absolute atomic E-state index is 0. The first kappa shape index (κ1) is 71.9. The van der Waals surface area contributed by atoms with Crippen LogP contribution in [0.4, 0.5) is 43.9 Å². The van der Waals surface area contributed by atoms with E-state index in [1.807, 2.05) is 18.2 Å². The third-order valence-electron chi connectivity index (χ3n) is 10.8. The molecule has 8 rings (SSSR count). The van der Waals surface area contributed by atoms with Gasteiger partial charge in [-0.1, -0.05) is 13.5 Å². The van der Waals surface area contributed by atoms with Crippen LogP contribution in [0.1, 0.15) is 71.0 Å². The van der Waals surface area contributed by atoms with E-state index in [0.29, 0.717) is 71.5 Å². The van der Waals surface area contributed by atoms with Gasteiger partial charge in [-0.25, -0.2) is 17.6 Å². The summed E-state index contributed by atoms with van der Waals surface area (Å²) in [6, 6.07) is 34.6. The van der Waals surface area contributed by atoms with E-state index in [2.05, 4.69) is 89.4 Å². The summed E-state index contributed by atoms with van der Waals surface area (Å²) >= 11 is 9.54. The number of aliphatic hydroxyl groups is 1. The molecule has 0 saturated carbocycles. The molecule has 0 radical (unpaired) electrons. The van der Waals surface area contributed by atoms with Crippen molar-refractivity contribution in [2.45, 2.75) is 44.6 Å². The van der Waals surface area contributed by atoms with Crippen molar-refractivity contribution < 1.29 is 86.1 Å². The van der Waals surface area contributed by atoms with Crippen LogP contribution < -0.4 is 27.5 Å². The first-order valence-electron chi connectivity index (χ1n) is 22.6. The molecule has 0 spiro atoms. The number of Topliss-reactive ketones (excluding diaryl/α,β-unsaturated/α-hetero) is 2. The van der Waals surface area contributed by atoms with Crippen molar-refractivity contribution >= 4 is 86.0 Å². The fourth-order valence-electron chi connectivity index (χ4n) is 6.52. The molecule has 0 aliphatic rings. The van der Waals surface area contributed by atoms with Gasteiger partial charge in [-0.3, -0.25) is 24.5 Å². The average Bonchev–Trinajstić information content (AvgIpc) is 1.33. The number of alkyl halides is 6. The number of rotatable bonds is 14. The number of ether oxygens (including phenoxy) is 3. The Bertz CT molecular complexity index is 3600. The molecule has 438 valence electrons. The molecule has 5 aromatic carbocycles. The van der Waals surface area contributed by atoms with Gasteiger partial charge < -0.3 is 19.3 Å². The molecule has 0 bridgehead atoms. The molecule has 3 aromatic heterocycles. The minimum atomic E-state index is -4.12. The molecule has 1 N–H and O–H groups in total. The molecule has 0 fully saturated rings. The molecule has 1 unspecified atom stereocenters. The molecular formula is C57H38F10I5N6O6-. The monoisotopic (exact) mass is 1730 g/mol. The Morgan fingerprint density at radius 1 is 0.512 bits per heavy atom. The van der Waals surface area contributed by atoms with Crippen molar-refractivity contribution in [2.75, 3.05) is 0 Å². The van der Waals surface area contributed by atoms with E-state index in [4.69, 9.17) is 30.0 Å².